The molecule has 0 saturated carbocycles. The lowest BCUT2D eigenvalue weighted by molar-refractivity contribution is 0.128. The van der Waals surface area contributed by atoms with Crippen molar-refractivity contribution < 1.29 is 8.94 Å². The summed E-state index contributed by atoms with van der Waals surface area (Å²) in [4.78, 5) is 13.8. The molecule has 0 amide bonds. The number of nitrogens with one attached hydrogen (secondary N) is 1. The van der Waals surface area contributed by atoms with Crippen LogP contribution in [0.25, 0.3) is 11.3 Å². The molecule has 1 unspecified atom stereocenters. The van der Waals surface area contributed by atoms with Crippen molar-refractivity contribution in [2.45, 2.75) is 38.3 Å². The summed E-state index contributed by atoms with van der Waals surface area (Å²) >= 11 is 4.71. The quantitative estimate of drug-likeness (QED) is 0.478. The molecule has 3 aromatic rings. The topological polar surface area (TPSA) is 67.4 Å². The summed E-state index contributed by atoms with van der Waals surface area (Å²) in [6, 6.07) is 13.6. The van der Waals surface area contributed by atoms with Crippen LogP contribution < -0.4 is 9.62 Å². The molecular weight excluding hydrogens is 473 g/mol. The standard InChI is InChI=1S/C25H29ClFN5OS/c1-17-18(7-5-8-20(17)27)24-19(26)11-12-21(28-24)30-34(33)23-10-6-9-22(29-23)31-13-15-32(16-14-31)25(2,3)4/h5-12H,13-16H2,1-4H3,(H,28,30). The van der Waals surface area contributed by atoms with Crippen molar-refractivity contribution in [2.75, 3.05) is 35.8 Å². The number of hydrogen-bond donors (Lipinski definition) is 1. The summed E-state index contributed by atoms with van der Waals surface area (Å²) in [6.07, 6.45) is 0. The van der Waals surface area contributed by atoms with Crippen LogP contribution in [0.5, 0.6) is 0 Å². The maximum atomic E-state index is 14.0. The van der Waals surface area contributed by atoms with E-state index in [9.17, 15) is 8.94 Å². The Balaban J connectivity index is 1.50. The van der Waals surface area contributed by atoms with Gasteiger partial charge < -0.3 is 9.45 Å². The van der Waals surface area contributed by atoms with Crippen LogP contribution in [0.1, 0.15) is 26.3 Å². The predicted octanol–water partition coefficient (Wildman–Crippen LogP) is 5.30. The van der Waals surface area contributed by atoms with Gasteiger partial charge in [-0.2, -0.15) is 9.71 Å². The molecule has 3 heterocycles. The summed E-state index contributed by atoms with van der Waals surface area (Å²) in [5, 5.41) is 0.801. The lowest BCUT2D eigenvalue weighted by Gasteiger charge is -2.42. The van der Waals surface area contributed by atoms with Gasteiger partial charge in [-0.25, -0.2) is 9.37 Å². The average molecular weight is 502 g/mol. The molecule has 1 aliphatic rings. The van der Waals surface area contributed by atoms with Crippen molar-refractivity contribution in [3.63, 3.8) is 0 Å². The number of hydrogen-bond acceptors (Lipinski definition) is 6. The van der Waals surface area contributed by atoms with Crippen LogP contribution in [0.2, 0.25) is 5.02 Å². The molecular formula is C25H29ClFN5OS. The second-order valence-corrected chi connectivity index (χ2v) is 10.9. The molecule has 0 spiro atoms. The van der Waals surface area contributed by atoms with Crippen molar-refractivity contribution >= 4 is 34.6 Å². The zero-order chi connectivity index (χ0) is 24.5. The predicted molar refractivity (Wildman–Crippen MR) is 137 cm³/mol. The third-order valence-electron chi connectivity index (χ3n) is 6.02. The molecule has 4 rings (SSSR count). The van der Waals surface area contributed by atoms with E-state index < -0.39 is 11.4 Å². The molecule has 1 N–H and O–H groups in total. The largest absolute Gasteiger partial charge is 0.587 e. The molecule has 180 valence electrons. The van der Waals surface area contributed by atoms with Gasteiger partial charge >= 0.3 is 0 Å². The Labute approximate surface area is 208 Å². The Morgan fingerprint density at radius 1 is 1.00 bits per heavy atom. The van der Waals surface area contributed by atoms with E-state index in [2.05, 4.69) is 45.3 Å². The first-order valence-electron chi connectivity index (χ1n) is 11.2. The number of rotatable bonds is 5. The third kappa shape index (κ3) is 5.46. The van der Waals surface area contributed by atoms with E-state index in [1.165, 1.54) is 6.07 Å². The van der Waals surface area contributed by atoms with Crippen molar-refractivity contribution in [3.8, 4) is 11.3 Å². The SMILES string of the molecule is Cc1c(F)cccc1-c1nc(N[S+]([O-])c2cccc(N3CCN(C(C)(C)C)CC3)n2)ccc1Cl. The first-order chi connectivity index (χ1) is 16.1. The third-order valence-corrected chi connectivity index (χ3v) is 7.32. The number of halogens is 2. The first kappa shape index (κ1) is 24.7. The number of benzene rings is 1. The van der Waals surface area contributed by atoms with Gasteiger partial charge in [0, 0.05) is 43.3 Å². The van der Waals surface area contributed by atoms with Gasteiger partial charge in [-0.05, 0) is 57.5 Å². The fourth-order valence-electron chi connectivity index (χ4n) is 3.99. The summed E-state index contributed by atoms with van der Waals surface area (Å²) in [6.45, 7) is 12.0. The lowest BCUT2D eigenvalue weighted by Crippen LogP contribution is -2.53. The zero-order valence-electron chi connectivity index (χ0n) is 19.8. The van der Waals surface area contributed by atoms with Crippen LogP contribution in [-0.4, -0.2) is 51.1 Å². The van der Waals surface area contributed by atoms with E-state index >= 15 is 0 Å². The van der Waals surface area contributed by atoms with Crippen molar-refractivity contribution in [2.24, 2.45) is 0 Å². The first-order valence-corrected chi connectivity index (χ1v) is 12.7. The number of anilines is 2. The van der Waals surface area contributed by atoms with Crippen LogP contribution in [0.4, 0.5) is 16.0 Å². The van der Waals surface area contributed by atoms with Crippen molar-refractivity contribution in [1.29, 1.82) is 0 Å². The van der Waals surface area contributed by atoms with Crippen LogP contribution in [0.15, 0.2) is 53.6 Å². The second-order valence-electron chi connectivity index (χ2n) is 9.29. The molecule has 6 nitrogen and oxygen atoms in total. The Bertz CT molecular complexity index is 1160. The molecule has 1 aliphatic heterocycles. The van der Waals surface area contributed by atoms with E-state index in [1.54, 1.807) is 37.3 Å². The van der Waals surface area contributed by atoms with Gasteiger partial charge in [0.1, 0.15) is 23.0 Å². The average Bonchev–Trinajstić information content (AvgIpc) is 2.82. The van der Waals surface area contributed by atoms with E-state index in [0.29, 0.717) is 32.7 Å². The van der Waals surface area contributed by atoms with E-state index in [4.69, 9.17) is 11.6 Å². The van der Waals surface area contributed by atoms with E-state index in [-0.39, 0.29) is 11.4 Å². The zero-order valence-corrected chi connectivity index (χ0v) is 21.4. The van der Waals surface area contributed by atoms with Gasteiger partial charge in [-0.1, -0.05) is 29.8 Å². The highest BCUT2D eigenvalue weighted by atomic mass is 35.5. The highest BCUT2D eigenvalue weighted by molar-refractivity contribution is 7.92. The minimum Gasteiger partial charge on any atom is -0.587 e. The molecule has 9 heteroatoms. The lowest BCUT2D eigenvalue weighted by atomic mass is 10.0. The molecule has 1 aromatic carbocycles. The Morgan fingerprint density at radius 3 is 2.41 bits per heavy atom. The van der Waals surface area contributed by atoms with Crippen LogP contribution in [0, 0.1) is 12.7 Å². The van der Waals surface area contributed by atoms with Crippen molar-refractivity contribution in [3.05, 3.63) is 64.9 Å². The fourth-order valence-corrected chi connectivity index (χ4v) is 4.98. The van der Waals surface area contributed by atoms with Crippen molar-refractivity contribution in [1.82, 2.24) is 14.9 Å². The second kappa shape index (κ2) is 10.1. The molecule has 0 aliphatic carbocycles. The van der Waals surface area contributed by atoms with Gasteiger partial charge in [-0.15, -0.1) is 0 Å². The maximum absolute atomic E-state index is 14.0. The van der Waals surface area contributed by atoms with E-state index in [0.717, 1.165) is 32.0 Å². The van der Waals surface area contributed by atoms with Crippen LogP contribution in [-0.2, 0) is 11.4 Å². The number of aromatic nitrogens is 2. The Hall–Kier alpha value is -2.39. The number of nitrogens with zero attached hydrogens (tertiary/aromatic N) is 4. The van der Waals surface area contributed by atoms with Crippen LogP contribution >= 0.6 is 11.6 Å². The number of pyridine rings is 2. The minimum absolute atomic E-state index is 0.140. The molecule has 1 saturated heterocycles. The molecule has 1 atom stereocenters. The summed E-state index contributed by atoms with van der Waals surface area (Å²) in [5.74, 6) is 0.843. The molecule has 1 fully saturated rings. The number of piperazine rings is 1. The summed E-state index contributed by atoms with van der Waals surface area (Å²) < 4.78 is 30.0. The van der Waals surface area contributed by atoms with Crippen LogP contribution in [0.3, 0.4) is 0 Å². The highest BCUT2D eigenvalue weighted by Gasteiger charge is 2.27. The molecule has 34 heavy (non-hydrogen) atoms. The van der Waals surface area contributed by atoms with Gasteiger partial charge in [0.15, 0.2) is 5.82 Å². The van der Waals surface area contributed by atoms with Gasteiger partial charge in [0.2, 0.25) is 0 Å². The highest BCUT2D eigenvalue weighted by Crippen LogP contribution is 2.31. The Morgan fingerprint density at radius 2 is 1.71 bits per heavy atom. The summed E-state index contributed by atoms with van der Waals surface area (Å²) in [7, 11) is 0. The molecule has 2 aromatic heterocycles. The minimum atomic E-state index is -1.63. The van der Waals surface area contributed by atoms with Gasteiger partial charge in [-0.3, -0.25) is 4.90 Å². The smallest absolute Gasteiger partial charge is 0.273 e. The fraction of sp³-hybridized carbons (Fsp3) is 0.360. The van der Waals surface area contributed by atoms with E-state index in [1.807, 2.05) is 12.1 Å². The van der Waals surface area contributed by atoms with Gasteiger partial charge in [0.05, 0.1) is 10.7 Å². The molecule has 0 radical (unpaired) electrons. The normalized spacial score (nSPS) is 15.9. The monoisotopic (exact) mass is 501 g/mol. The Kier molecular flexibility index (Phi) is 7.33. The maximum Gasteiger partial charge on any atom is 0.273 e. The molecule has 0 bridgehead atoms. The summed E-state index contributed by atoms with van der Waals surface area (Å²) in [5.41, 5.74) is 1.62. The van der Waals surface area contributed by atoms with Gasteiger partial charge in [0.25, 0.3) is 5.03 Å².